The lowest BCUT2D eigenvalue weighted by Crippen LogP contribution is -2.05. The predicted molar refractivity (Wildman–Crippen MR) is 171 cm³/mol. The average molecular weight is 545 g/mol. The Balaban J connectivity index is 1.38. The van der Waals surface area contributed by atoms with Gasteiger partial charge in [0.05, 0.1) is 11.1 Å². The molecule has 0 aliphatic rings. The zero-order chi connectivity index (χ0) is 28.5. The molecule has 4 heteroatoms. The second kappa shape index (κ2) is 9.02. The lowest BCUT2D eigenvalue weighted by Gasteiger charge is -2.13. The van der Waals surface area contributed by atoms with Gasteiger partial charge in [0.2, 0.25) is 0 Å². The van der Waals surface area contributed by atoms with E-state index in [1.54, 1.807) is 0 Å². The topological polar surface area (TPSA) is 60.4 Å². The third-order valence-electron chi connectivity index (χ3n) is 8.28. The summed E-state index contributed by atoms with van der Waals surface area (Å²) in [5.41, 5.74) is 5.09. The molecule has 0 saturated heterocycles. The molecule has 0 amide bonds. The van der Waals surface area contributed by atoms with Crippen LogP contribution >= 0.6 is 0 Å². The molecule has 42 heavy (non-hydrogen) atoms. The number of aryl methyl sites for hydroxylation is 2. The normalized spacial score (nSPS) is 11.8. The van der Waals surface area contributed by atoms with Crippen LogP contribution in [0.1, 0.15) is 11.1 Å². The van der Waals surface area contributed by atoms with E-state index >= 15 is 0 Å². The fourth-order valence-corrected chi connectivity index (χ4v) is 6.24. The molecule has 0 spiro atoms. The third-order valence-corrected chi connectivity index (χ3v) is 8.28. The molecule has 0 saturated carbocycles. The summed E-state index contributed by atoms with van der Waals surface area (Å²) in [4.78, 5) is 26.7. The van der Waals surface area contributed by atoms with Crippen molar-refractivity contribution >= 4 is 54.3 Å². The van der Waals surface area contributed by atoms with Gasteiger partial charge in [-0.25, -0.2) is 9.59 Å². The van der Waals surface area contributed by atoms with E-state index in [2.05, 4.69) is 50.2 Å². The molecule has 0 bridgehead atoms. The molecule has 4 nitrogen and oxygen atoms in total. The van der Waals surface area contributed by atoms with E-state index in [4.69, 9.17) is 8.83 Å². The number of benzene rings is 6. The van der Waals surface area contributed by atoms with Crippen molar-refractivity contribution in [2.24, 2.45) is 0 Å². The van der Waals surface area contributed by atoms with Crippen molar-refractivity contribution in [3.05, 3.63) is 141 Å². The van der Waals surface area contributed by atoms with E-state index in [1.165, 1.54) is 11.1 Å². The average Bonchev–Trinajstić information content (AvgIpc) is 2.99. The monoisotopic (exact) mass is 544 g/mol. The number of rotatable bonds is 2. The van der Waals surface area contributed by atoms with Gasteiger partial charge in [0.15, 0.2) is 0 Å². The van der Waals surface area contributed by atoms with Crippen LogP contribution in [0.3, 0.4) is 0 Å². The first-order valence-electron chi connectivity index (χ1n) is 13.9. The zero-order valence-electron chi connectivity index (χ0n) is 23.0. The summed E-state index contributed by atoms with van der Waals surface area (Å²) in [6.45, 7) is 4.13. The molecule has 0 atom stereocenters. The van der Waals surface area contributed by atoms with Crippen LogP contribution in [0.2, 0.25) is 0 Å². The van der Waals surface area contributed by atoms with Crippen LogP contribution in [0, 0.1) is 13.8 Å². The van der Waals surface area contributed by atoms with Crippen molar-refractivity contribution in [1.82, 2.24) is 0 Å². The molecule has 0 unspecified atom stereocenters. The van der Waals surface area contributed by atoms with Gasteiger partial charge < -0.3 is 8.83 Å². The summed E-state index contributed by atoms with van der Waals surface area (Å²) < 4.78 is 11.7. The van der Waals surface area contributed by atoms with Crippen molar-refractivity contribution in [2.75, 3.05) is 0 Å². The second-order valence-electron chi connectivity index (χ2n) is 11.0. The smallest absolute Gasteiger partial charge is 0.344 e. The SMILES string of the molecule is Cc1ccc2c(ccc3oc(=O)c(-c4ccc(-c5cc6c(ccc7cc(C)ccc76)oc5=O)c5ccccc45)cc32)c1. The van der Waals surface area contributed by atoms with E-state index in [-0.39, 0.29) is 0 Å². The molecule has 0 fully saturated rings. The summed E-state index contributed by atoms with van der Waals surface area (Å²) >= 11 is 0. The van der Waals surface area contributed by atoms with Crippen LogP contribution in [-0.4, -0.2) is 0 Å². The van der Waals surface area contributed by atoms with Crippen molar-refractivity contribution in [3.8, 4) is 22.3 Å². The summed E-state index contributed by atoms with van der Waals surface area (Å²) in [6.07, 6.45) is 0. The van der Waals surface area contributed by atoms with Crippen LogP contribution < -0.4 is 11.3 Å². The molecule has 8 rings (SSSR count). The lowest BCUT2D eigenvalue weighted by atomic mass is 9.92. The third kappa shape index (κ3) is 3.69. The molecule has 2 heterocycles. The maximum absolute atomic E-state index is 13.3. The van der Waals surface area contributed by atoms with Gasteiger partial charge >= 0.3 is 11.3 Å². The van der Waals surface area contributed by atoms with Crippen molar-refractivity contribution in [1.29, 1.82) is 0 Å². The molecule has 0 N–H and O–H groups in total. The first-order valence-corrected chi connectivity index (χ1v) is 13.9. The zero-order valence-corrected chi connectivity index (χ0v) is 23.0. The van der Waals surface area contributed by atoms with Gasteiger partial charge in [0.25, 0.3) is 0 Å². The Hall–Kier alpha value is -5.48. The van der Waals surface area contributed by atoms with Crippen molar-refractivity contribution < 1.29 is 8.83 Å². The Morgan fingerprint density at radius 3 is 1.31 bits per heavy atom. The highest BCUT2D eigenvalue weighted by atomic mass is 16.4. The molecule has 6 aromatic carbocycles. The highest BCUT2D eigenvalue weighted by Gasteiger charge is 2.18. The van der Waals surface area contributed by atoms with Crippen molar-refractivity contribution in [3.63, 3.8) is 0 Å². The van der Waals surface area contributed by atoms with Gasteiger partial charge in [0.1, 0.15) is 11.2 Å². The van der Waals surface area contributed by atoms with Crippen LogP contribution in [0.4, 0.5) is 0 Å². The van der Waals surface area contributed by atoms with Crippen LogP contribution in [0.5, 0.6) is 0 Å². The quantitative estimate of drug-likeness (QED) is 0.161. The maximum atomic E-state index is 13.3. The minimum absolute atomic E-state index is 0.404. The minimum Gasteiger partial charge on any atom is -0.422 e. The summed E-state index contributed by atoms with van der Waals surface area (Å²) in [5.74, 6) is 0. The van der Waals surface area contributed by atoms with Gasteiger partial charge in [-0.15, -0.1) is 0 Å². The largest absolute Gasteiger partial charge is 0.422 e. The Bertz CT molecular complexity index is 2350. The fourth-order valence-electron chi connectivity index (χ4n) is 6.24. The Morgan fingerprint density at radius 2 is 0.857 bits per heavy atom. The lowest BCUT2D eigenvalue weighted by molar-refractivity contribution is 0.563. The van der Waals surface area contributed by atoms with Crippen LogP contribution in [0.15, 0.2) is 128 Å². The molecule has 0 aliphatic heterocycles. The molecule has 0 aliphatic carbocycles. The number of hydrogen-bond donors (Lipinski definition) is 0. The maximum Gasteiger partial charge on any atom is 0.344 e. The Kier molecular flexibility index (Phi) is 5.22. The first-order chi connectivity index (χ1) is 20.4. The van der Waals surface area contributed by atoms with Gasteiger partial charge in [-0.3, -0.25) is 0 Å². The molecule has 2 aromatic heterocycles. The summed E-state index contributed by atoms with van der Waals surface area (Å²) in [5, 5.41) is 7.71. The minimum atomic E-state index is -0.404. The van der Waals surface area contributed by atoms with E-state index < -0.39 is 11.3 Å². The number of hydrogen-bond acceptors (Lipinski definition) is 4. The van der Waals surface area contributed by atoms with Crippen molar-refractivity contribution in [2.45, 2.75) is 13.8 Å². The van der Waals surface area contributed by atoms with E-state index in [9.17, 15) is 9.59 Å². The molecule has 8 aromatic rings. The summed E-state index contributed by atoms with van der Waals surface area (Å²) in [7, 11) is 0. The fraction of sp³-hybridized carbons (Fsp3) is 0.0526. The van der Waals surface area contributed by atoms with Gasteiger partial charge in [0, 0.05) is 10.8 Å². The van der Waals surface area contributed by atoms with Crippen LogP contribution in [-0.2, 0) is 0 Å². The van der Waals surface area contributed by atoms with E-state index in [0.717, 1.165) is 54.2 Å². The predicted octanol–water partition coefficient (Wildman–Crippen LogP) is 9.31. The molecule has 200 valence electrons. The Labute approximate surface area is 240 Å². The van der Waals surface area contributed by atoms with Gasteiger partial charge in [-0.1, -0.05) is 96.1 Å². The first kappa shape index (κ1) is 24.3. The summed E-state index contributed by atoms with van der Waals surface area (Å²) in [6, 6.07) is 35.7. The highest BCUT2D eigenvalue weighted by Crippen LogP contribution is 2.37. The van der Waals surface area contributed by atoms with E-state index in [0.29, 0.717) is 22.3 Å². The molecular formula is C38H24O4. The van der Waals surface area contributed by atoms with Crippen LogP contribution in [0.25, 0.3) is 76.5 Å². The standard InChI is InChI=1S/C38H24O4/c1-21-7-11-25-23(17-21)9-15-35-31(25)19-33(37(39)41-35)29-13-14-30(28-6-4-3-5-27(28)29)34-20-32-26-12-8-22(2)18-24(26)10-16-36(32)42-38(34)40/h3-20H,1-2H3. The second-order valence-corrected chi connectivity index (χ2v) is 11.0. The van der Waals surface area contributed by atoms with Gasteiger partial charge in [-0.05, 0) is 81.6 Å². The van der Waals surface area contributed by atoms with Gasteiger partial charge in [-0.2, -0.15) is 0 Å². The molecular weight excluding hydrogens is 520 g/mol. The van der Waals surface area contributed by atoms with E-state index in [1.807, 2.05) is 72.8 Å². The highest BCUT2D eigenvalue weighted by molar-refractivity contribution is 6.11. The Morgan fingerprint density at radius 1 is 0.405 bits per heavy atom. The molecule has 0 radical (unpaired) electrons. The number of fused-ring (bicyclic) bond motifs is 7.